The maximum atomic E-state index is 5.96. The van der Waals surface area contributed by atoms with E-state index in [1.54, 1.807) is 0 Å². The van der Waals surface area contributed by atoms with Crippen LogP contribution in [0.15, 0.2) is 65.5 Å². The van der Waals surface area contributed by atoms with Gasteiger partial charge in [0.05, 0.1) is 5.71 Å². The fourth-order valence-electron chi connectivity index (χ4n) is 3.15. The van der Waals surface area contributed by atoms with Crippen LogP contribution < -0.4 is 0 Å². The summed E-state index contributed by atoms with van der Waals surface area (Å²) in [5.41, 5.74) is 3.82. The van der Waals surface area contributed by atoms with Crippen molar-refractivity contribution in [2.24, 2.45) is 16.3 Å². The maximum Gasteiger partial charge on any atom is 0.116 e. The Morgan fingerprint density at radius 2 is 2.30 bits per heavy atom. The largest absolute Gasteiger partial charge is 0.489 e. The topological polar surface area (TPSA) is 21.6 Å². The van der Waals surface area contributed by atoms with E-state index in [-0.39, 0.29) is 5.41 Å². The lowest BCUT2D eigenvalue weighted by molar-refractivity contribution is 0.208. The van der Waals surface area contributed by atoms with Gasteiger partial charge in [0.15, 0.2) is 0 Å². The van der Waals surface area contributed by atoms with Crippen LogP contribution >= 0.6 is 0 Å². The predicted octanol–water partition coefficient (Wildman–Crippen LogP) is 3.94. The molecule has 1 aliphatic heterocycles. The Labute approximate surface area is 119 Å². The van der Waals surface area contributed by atoms with Gasteiger partial charge in [-0.3, -0.25) is 4.99 Å². The number of hydrogen-bond acceptors (Lipinski definition) is 2. The van der Waals surface area contributed by atoms with Gasteiger partial charge in [-0.2, -0.15) is 0 Å². The summed E-state index contributed by atoms with van der Waals surface area (Å²) in [5, 5.41) is 0. The third-order valence-corrected chi connectivity index (χ3v) is 4.36. The molecule has 100 valence electrons. The fourth-order valence-corrected chi connectivity index (χ4v) is 3.15. The lowest BCUT2D eigenvalue weighted by Gasteiger charge is -2.20. The van der Waals surface area contributed by atoms with Gasteiger partial charge in [0, 0.05) is 11.6 Å². The first-order chi connectivity index (χ1) is 9.76. The number of aryl methyl sites for hydroxylation is 1. The first-order valence-electron chi connectivity index (χ1n) is 7.10. The van der Waals surface area contributed by atoms with Crippen LogP contribution in [0.4, 0.5) is 0 Å². The van der Waals surface area contributed by atoms with Gasteiger partial charge in [-0.15, -0.1) is 0 Å². The van der Waals surface area contributed by atoms with Gasteiger partial charge < -0.3 is 4.74 Å². The van der Waals surface area contributed by atoms with Crippen LogP contribution in [-0.4, -0.2) is 5.71 Å². The lowest BCUT2D eigenvalue weighted by Crippen LogP contribution is -2.19. The second-order valence-electron chi connectivity index (χ2n) is 5.86. The predicted molar refractivity (Wildman–Crippen MR) is 80.3 cm³/mol. The molecule has 1 spiro atoms. The van der Waals surface area contributed by atoms with Crippen molar-refractivity contribution >= 4 is 5.71 Å². The first-order valence-corrected chi connectivity index (χ1v) is 7.10. The monoisotopic (exact) mass is 263 g/mol. The van der Waals surface area contributed by atoms with Crippen molar-refractivity contribution in [2.75, 3.05) is 0 Å². The number of ether oxygens (including phenoxy) is 1. The molecule has 0 aromatic heterocycles. The summed E-state index contributed by atoms with van der Waals surface area (Å²) in [6, 6.07) is 8.45. The smallest absolute Gasteiger partial charge is 0.116 e. The number of allylic oxidation sites excluding steroid dienone is 4. The molecule has 2 aliphatic carbocycles. The van der Waals surface area contributed by atoms with Gasteiger partial charge in [-0.1, -0.05) is 35.9 Å². The van der Waals surface area contributed by atoms with Crippen LogP contribution in [0.25, 0.3) is 0 Å². The van der Waals surface area contributed by atoms with E-state index in [0.29, 0.717) is 12.5 Å². The van der Waals surface area contributed by atoms with Crippen LogP contribution in [-0.2, 0) is 11.3 Å². The molecule has 0 N–H and O–H groups in total. The molecule has 1 saturated carbocycles. The van der Waals surface area contributed by atoms with Crippen LogP contribution in [0, 0.1) is 18.3 Å². The maximum absolute atomic E-state index is 5.96. The number of nitrogens with zero attached hydrogens (tertiary/aromatic N) is 1. The molecule has 1 heterocycles. The molecule has 20 heavy (non-hydrogen) atoms. The highest BCUT2D eigenvalue weighted by Gasteiger charge is 2.56. The zero-order valence-corrected chi connectivity index (χ0v) is 11.5. The molecule has 3 aliphatic rings. The zero-order chi connectivity index (χ0) is 13.6. The third kappa shape index (κ3) is 1.83. The molecule has 0 radical (unpaired) electrons. The Morgan fingerprint density at radius 1 is 1.35 bits per heavy atom. The molecule has 2 atom stereocenters. The van der Waals surface area contributed by atoms with E-state index in [0.717, 1.165) is 5.76 Å². The molecule has 1 aromatic carbocycles. The number of benzene rings is 1. The third-order valence-electron chi connectivity index (χ3n) is 4.36. The molecular formula is C18H17NO. The molecule has 2 unspecified atom stereocenters. The Balaban J connectivity index is 1.50. The van der Waals surface area contributed by atoms with Crippen LogP contribution in [0.3, 0.4) is 0 Å². The molecule has 0 amide bonds. The summed E-state index contributed by atoms with van der Waals surface area (Å²) in [5.74, 6) is 1.60. The van der Waals surface area contributed by atoms with E-state index in [9.17, 15) is 0 Å². The van der Waals surface area contributed by atoms with Crippen molar-refractivity contribution in [3.63, 3.8) is 0 Å². The van der Waals surface area contributed by atoms with Gasteiger partial charge in [-0.25, -0.2) is 0 Å². The van der Waals surface area contributed by atoms with Crippen LogP contribution in [0.2, 0.25) is 0 Å². The SMILES string of the molecule is Cc1cccc(COC2=CC34CC3C=CN=C4C=C2)c1. The molecule has 2 nitrogen and oxygen atoms in total. The van der Waals surface area contributed by atoms with Crippen molar-refractivity contribution in [2.45, 2.75) is 20.0 Å². The molecule has 0 saturated heterocycles. The Hall–Kier alpha value is -2.09. The van der Waals surface area contributed by atoms with E-state index >= 15 is 0 Å². The summed E-state index contributed by atoms with van der Waals surface area (Å²) in [6.07, 6.45) is 11.7. The van der Waals surface area contributed by atoms with Gasteiger partial charge >= 0.3 is 0 Å². The van der Waals surface area contributed by atoms with E-state index in [4.69, 9.17) is 4.74 Å². The summed E-state index contributed by atoms with van der Waals surface area (Å²) >= 11 is 0. The lowest BCUT2D eigenvalue weighted by atomic mass is 9.90. The Morgan fingerprint density at radius 3 is 3.20 bits per heavy atom. The summed E-state index contributed by atoms with van der Waals surface area (Å²) in [4.78, 5) is 4.48. The second-order valence-corrected chi connectivity index (χ2v) is 5.86. The highest BCUT2D eigenvalue weighted by Crippen LogP contribution is 2.59. The average Bonchev–Trinajstić information content (AvgIpc) is 3.17. The second kappa shape index (κ2) is 4.20. The summed E-state index contributed by atoms with van der Waals surface area (Å²) in [6.45, 7) is 2.73. The molecule has 2 heteroatoms. The Kier molecular flexibility index (Phi) is 2.46. The highest BCUT2D eigenvalue weighted by molar-refractivity contribution is 6.06. The van der Waals surface area contributed by atoms with Crippen molar-refractivity contribution in [1.82, 2.24) is 0 Å². The minimum Gasteiger partial charge on any atom is -0.489 e. The quantitative estimate of drug-likeness (QED) is 0.809. The molecule has 0 bridgehead atoms. The minimum absolute atomic E-state index is 0.144. The van der Waals surface area contributed by atoms with E-state index in [1.807, 2.05) is 12.3 Å². The van der Waals surface area contributed by atoms with Crippen LogP contribution in [0.1, 0.15) is 17.5 Å². The molecular weight excluding hydrogens is 246 g/mol. The number of rotatable bonds is 3. The van der Waals surface area contributed by atoms with Crippen LogP contribution in [0.5, 0.6) is 0 Å². The van der Waals surface area contributed by atoms with E-state index < -0.39 is 0 Å². The van der Waals surface area contributed by atoms with Gasteiger partial charge in [-0.05, 0) is 43.1 Å². The molecule has 1 aromatic rings. The number of hydrogen-bond donors (Lipinski definition) is 0. The van der Waals surface area contributed by atoms with E-state index in [2.05, 4.69) is 54.4 Å². The Bertz CT molecular complexity index is 680. The normalized spacial score (nSPS) is 29.1. The highest BCUT2D eigenvalue weighted by atomic mass is 16.5. The van der Waals surface area contributed by atoms with Gasteiger partial charge in [0.2, 0.25) is 0 Å². The fraction of sp³-hybridized carbons (Fsp3) is 0.278. The minimum atomic E-state index is 0.144. The summed E-state index contributed by atoms with van der Waals surface area (Å²) < 4.78 is 5.96. The zero-order valence-electron chi connectivity index (χ0n) is 11.5. The van der Waals surface area contributed by atoms with Crippen molar-refractivity contribution in [1.29, 1.82) is 0 Å². The van der Waals surface area contributed by atoms with Gasteiger partial charge in [0.25, 0.3) is 0 Å². The van der Waals surface area contributed by atoms with Crippen molar-refractivity contribution in [3.05, 3.63) is 71.7 Å². The molecule has 1 fully saturated rings. The van der Waals surface area contributed by atoms with E-state index in [1.165, 1.54) is 23.3 Å². The first kappa shape index (κ1) is 11.7. The molecule has 4 rings (SSSR count). The number of aliphatic imine (C=N–C) groups is 1. The van der Waals surface area contributed by atoms with Crippen molar-refractivity contribution in [3.8, 4) is 0 Å². The van der Waals surface area contributed by atoms with Gasteiger partial charge in [0.1, 0.15) is 12.4 Å². The standard InChI is InChI=1S/C18H17NO/c1-13-3-2-4-14(9-13)12-20-16-5-6-17-18(11-16)10-15(18)7-8-19-17/h2-9,11,15H,10,12H2,1H3. The average molecular weight is 263 g/mol. The summed E-state index contributed by atoms with van der Waals surface area (Å²) in [7, 11) is 0. The van der Waals surface area contributed by atoms with Crippen molar-refractivity contribution < 1.29 is 4.74 Å².